The number of carbonyl (C=O) groups excluding carboxylic acids is 1. The van der Waals surface area contributed by atoms with E-state index in [0.717, 1.165) is 0 Å². The summed E-state index contributed by atoms with van der Waals surface area (Å²) in [6.45, 7) is 2.39. The van der Waals surface area contributed by atoms with Gasteiger partial charge < -0.3 is 14.8 Å². The van der Waals surface area contributed by atoms with Gasteiger partial charge in [0.25, 0.3) is 5.56 Å². The molecular weight excluding hydrogens is 198 g/mol. The van der Waals surface area contributed by atoms with Gasteiger partial charge in [-0.3, -0.25) is 9.36 Å². The number of fused-ring (bicyclic) bond motifs is 1. The van der Waals surface area contributed by atoms with Crippen molar-refractivity contribution in [2.45, 2.75) is 19.5 Å². The van der Waals surface area contributed by atoms with Gasteiger partial charge in [-0.2, -0.15) is 0 Å². The second-order valence-electron chi connectivity index (χ2n) is 3.41. The molecule has 0 fully saturated rings. The number of rotatable bonds is 2. The highest BCUT2D eigenvalue weighted by Gasteiger charge is 2.20. The van der Waals surface area contributed by atoms with Crippen LogP contribution >= 0.6 is 0 Å². The molecule has 0 saturated heterocycles. The van der Waals surface area contributed by atoms with Gasteiger partial charge in [0.05, 0.1) is 12.6 Å². The Morgan fingerprint density at radius 2 is 2.60 bits per heavy atom. The quantitative estimate of drug-likeness (QED) is 0.673. The maximum absolute atomic E-state index is 11.8. The Morgan fingerprint density at radius 1 is 1.80 bits per heavy atom. The summed E-state index contributed by atoms with van der Waals surface area (Å²) in [5.41, 5.74) is 0.0525. The zero-order valence-electron chi connectivity index (χ0n) is 8.27. The third-order valence-electron chi connectivity index (χ3n) is 2.13. The lowest BCUT2D eigenvalue weighted by Gasteiger charge is -2.23. The van der Waals surface area contributed by atoms with E-state index in [2.05, 4.69) is 10.3 Å². The molecule has 0 saturated carbocycles. The molecule has 80 valence electrons. The van der Waals surface area contributed by atoms with Crippen molar-refractivity contribution < 1.29 is 9.53 Å². The fraction of sp³-hybridized carbons (Fsp3) is 0.444. The number of nitrogens with one attached hydrogen (secondary N) is 1. The largest absolute Gasteiger partial charge is 0.474 e. The van der Waals surface area contributed by atoms with Crippen molar-refractivity contribution in [2.75, 3.05) is 11.9 Å². The summed E-state index contributed by atoms with van der Waals surface area (Å²) in [7, 11) is 0. The molecule has 15 heavy (non-hydrogen) atoms. The van der Waals surface area contributed by atoms with Gasteiger partial charge >= 0.3 is 0 Å². The zero-order chi connectivity index (χ0) is 10.8. The lowest BCUT2D eigenvalue weighted by atomic mass is 10.3. The van der Waals surface area contributed by atoms with Gasteiger partial charge in [-0.05, 0) is 6.92 Å². The molecule has 0 bridgehead atoms. The number of aldehydes is 1. The summed E-state index contributed by atoms with van der Waals surface area (Å²) >= 11 is 0. The second kappa shape index (κ2) is 3.72. The van der Waals surface area contributed by atoms with Crippen molar-refractivity contribution in [1.29, 1.82) is 0 Å². The molecule has 2 heterocycles. The van der Waals surface area contributed by atoms with Crippen molar-refractivity contribution >= 4 is 12.0 Å². The summed E-state index contributed by atoms with van der Waals surface area (Å²) in [5, 5.41) is 2.99. The SMILES string of the molecule is CC1COc2ncn(CC=O)c(=O)c2N1. The van der Waals surface area contributed by atoms with Crippen LogP contribution in [0, 0.1) is 0 Å². The molecule has 0 radical (unpaired) electrons. The number of anilines is 1. The van der Waals surface area contributed by atoms with Crippen LogP contribution in [0.4, 0.5) is 5.69 Å². The first-order valence-corrected chi connectivity index (χ1v) is 4.64. The first kappa shape index (κ1) is 9.70. The van der Waals surface area contributed by atoms with Crippen LogP contribution in [0.25, 0.3) is 0 Å². The minimum Gasteiger partial charge on any atom is -0.474 e. The van der Waals surface area contributed by atoms with Crippen molar-refractivity contribution in [2.24, 2.45) is 0 Å². The lowest BCUT2D eigenvalue weighted by molar-refractivity contribution is -0.108. The standard InChI is InChI=1S/C9H11N3O3/c1-6-4-15-8-7(11-6)9(14)12(2-3-13)5-10-8/h3,5-6,11H,2,4H2,1H3. The highest BCUT2D eigenvalue weighted by atomic mass is 16.5. The number of hydrogen-bond donors (Lipinski definition) is 1. The van der Waals surface area contributed by atoms with Gasteiger partial charge in [0.2, 0.25) is 5.88 Å². The van der Waals surface area contributed by atoms with Gasteiger partial charge in [-0.25, -0.2) is 4.98 Å². The third-order valence-corrected chi connectivity index (χ3v) is 2.13. The Balaban J connectivity index is 2.46. The predicted octanol–water partition coefficient (Wildman–Crippen LogP) is -0.365. The smallest absolute Gasteiger partial charge is 0.281 e. The molecule has 0 spiro atoms. The Kier molecular flexibility index (Phi) is 2.40. The average molecular weight is 209 g/mol. The summed E-state index contributed by atoms with van der Waals surface area (Å²) < 4.78 is 6.51. The van der Waals surface area contributed by atoms with Crippen LogP contribution in [0.1, 0.15) is 6.92 Å². The number of aromatic nitrogens is 2. The van der Waals surface area contributed by atoms with Gasteiger partial charge in [-0.15, -0.1) is 0 Å². The Labute approximate surface area is 85.9 Å². The van der Waals surface area contributed by atoms with Gasteiger partial charge in [0.1, 0.15) is 19.2 Å². The number of hydrogen-bond acceptors (Lipinski definition) is 5. The molecule has 1 aliphatic heterocycles. The first-order valence-electron chi connectivity index (χ1n) is 4.64. The van der Waals surface area contributed by atoms with E-state index < -0.39 is 0 Å². The van der Waals surface area contributed by atoms with E-state index in [0.29, 0.717) is 24.5 Å². The summed E-state index contributed by atoms with van der Waals surface area (Å²) in [6, 6.07) is 0.0686. The molecule has 0 aromatic carbocycles. The van der Waals surface area contributed by atoms with E-state index in [-0.39, 0.29) is 18.1 Å². The van der Waals surface area contributed by atoms with Gasteiger partial charge in [-0.1, -0.05) is 0 Å². The van der Waals surface area contributed by atoms with Crippen LogP contribution in [0.15, 0.2) is 11.1 Å². The maximum Gasteiger partial charge on any atom is 0.281 e. The number of ether oxygens (including phenoxy) is 1. The predicted molar refractivity (Wildman–Crippen MR) is 53.1 cm³/mol. The number of nitrogens with zero attached hydrogens (tertiary/aromatic N) is 2. The normalized spacial score (nSPS) is 18.6. The zero-order valence-corrected chi connectivity index (χ0v) is 8.27. The van der Waals surface area contributed by atoms with E-state index in [1.54, 1.807) is 0 Å². The topological polar surface area (TPSA) is 73.2 Å². The Bertz CT molecular complexity index is 441. The summed E-state index contributed by atoms with van der Waals surface area (Å²) in [5.74, 6) is 0.306. The monoisotopic (exact) mass is 209 g/mol. The molecule has 1 aromatic rings. The highest BCUT2D eigenvalue weighted by Crippen LogP contribution is 2.21. The highest BCUT2D eigenvalue weighted by molar-refractivity contribution is 5.54. The van der Waals surface area contributed by atoms with Crippen LogP contribution in [0.5, 0.6) is 5.88 Å². The van der Waals surface area contributed by atoms with Crippen LogP contribution < -0.4 is 15.6 Å². The molecule has 1 N–H and O–H groups in total. The Morgan fingerprint density at radius 3 is 3.33 bits per heavy atom. The first-order chi connectivity index (χ1) is 7.22. The van der Waals surface area contributed by atoms with E-state index in [9.17, 15) is 9.59 Å². The van der Waals surface area contributed by atoms with Gasteiger partial charge in [0, 0.05) is 0 Å². The van der Waals surface area contributed by atoms with Crippen LogP contribution in [-0.4, -0.2) is 28.5 Å². The van der Waals surface area contributed by atoms with E-state index in [1.165, 1.54) is 10.9 Å². The molecule has 2 rings (SSSR count). The molecule has 1 atom stereocenters. The fourth-order valence-corrected chi connectivity index (χ4v) is 1.41. The van der Waals surface area contributed by atoms with E-state index in [1.807, 2.05) is 6.92 Å². The van der Waals surface area contributed by atoms with Crippen molar-refractivity contribution in [3.05, 3.63) is 16.7 Å². The van der Waals surface area contributed by atoms with Crippen LogP contribution in [0.3, 0.4) is 0 Å². The van der Waals surface area contributed by atoms with Crippen LogP contribution in [-0.2, 0) is 11.3 Å². The van der Waals surface area contributed by atoms with E-state index in [4.69, 9.17) is 4.74 Å². The lowest BCUT2D eigenvalue weighted by Crippen LogP contribution is -2.35. The summed E-state index contributed by atoms with van der Waals surface area (Å²) in [4.78, 5) is 26.0. The molecule has 1 aliphatic rings. The van der Waals surface area contributed by atoms with Crippen molar-refractivity contribution in [3.8, 4) is 5.88 Å². The minimum atomic E-state index is -0.279. The molecule has 0 aliphatic carbocycles. The third kappa shape index (κ3) is 1.70. The van der Waals surface area contributed by atoms with Crippen molar-refractivity contribution in [1.82, 2.24) is 9.55 Å². The molecule has 6 heteroatoms. The van der Waals surface area contributed by atoms with Crippen molar-refractivity contribution in [3.63, 3.8) is 0 Å². The minimum absolute atomic E-state index is 0.00910. The number of carbonyl (C=O) groups is 1. The molecule has 0 amide bonds. The average Bonchev–Trinajstić information content (AvgIpc) is 2.23. The van der Waals surface area contributed by atoms with Gasteiger partial charge in [0.15, 0.2) is 5.69 Å². The van der Waals surface area contributed by atoms with E-state index >= 15 is 0 Å². The second-order valence-corrected chi connectivity index (χ2v) is 3.41. The molecular formula is C9H11N3O3. The molecule has 1 aromatic heterocycles. The Hall–Kier alpha value is -1.85. The van der Waals surface area contributed by atoms with Crippen LogP contribution in [0.2, 0.25) is 0 Å². The fourth-order valence-electron chi connectivity index (χ4n) is 1.41. The summed E-state index contributed by atoms with van der Waals surface area (Å²) in [6.07, 6.45) is 1.97. The maximum atomic E-state index is 11.8. The molecule has 6 nitrogen and oxygen atoms in total. The molecule has 1 unspecified atom stereocenters.